The largest absolute Gasteiger partial charge is 0.326 e. The highest BCUT2D eigenvalue weighted by molar-refractivity contribution is 5.94. The second kappa shape index (κ2) is 4.08. The van der Waals surface area contributed by atoms with Gasteiger partial charge < -0.3 is 10.3 Å². The van der Waals surface area contributed by atoms with Crippen LogP contribution < -0.4 is 11.0 Å². The molecule has 1 aromatic heterocycles. The minimum atomic E-state index is -0.154. The van der Waals surface area contributed by atoms with E-state index in [1.165, 1.54) is 4.57 Å². The van der Waals surface area contributed by atoms with E-state index >= 15 is 0 Å². The van der Waals surface area contributed by atoms with Crippen molar-refractivity contribution >= 4 is 22.6 Å². The fraction of sp³-hybridized carbons (Fsp3) is 0.333. The lowest BCUT2D eigenvalue weighted by atomic mass is 10.1. The number of fused-ring (bicyclic) bond motifs is 1. The fourth-order valence-electron chi connectivity index (χ4n) is 1.76. The Hall–Kier alpha value is -2.04. The van der Waals surface area contributed by atoms with Crippen LogP contribution in [0.3, 0.4) is 0 Å². The Bertz CT molecular complexity index is 637. The van der Waals surface area contributed by atoms with Gasteiger partial charge in [-0.1, -0.05) is 6.92 Å². The molecule has 5 heteroatoms. The van der Waals surface area contributed by atoms with E-state index in [1.807, 2.05) is 19.1 Å². The maximum atomic E-state index is 11.5. The van der Waals surface area contributed by atoms with Gasteiger partial charge >= 0.3 is 5.69 Å². The third-order valence-electron chi connectivity index (χ3n) is 2.85. The molecule has 0 aliphatic heterocycles. The molecule has 2 rings (SSSR count). The molecule has 0 saturated heterocycles. The highest BCUT2D eigenvalue weighted by Gasteiger charge is 2.08. The molecular weight excluding hydrogens is 218 g/mol. The Balaban J connectivity index is 2.57. The van der Waals surface area contributed by atoms with Crippen molar-refractivity contribution in [2.45, 2.75) is 20.3 Å². The number of hydrogen-bond acceptors (Lipinski definition) is 2. The maximum absolute atomic E-state index is 11.5. The molecular formula is C12H15N3O2. The van der Waals surface area contributed by atoms with E-state index in [-0.39, 0.29) is 11.6 Å². The van der Waals surface area contributed by atoms with Crippen molar-refractivity contribution in [1.29, 1.82) is 0 Å². The molecule has 0 atom stereocenters. The zero-order chi connectivity index (χ0) is 12.6. The van der Waals surface area contributed by atoms with E-state index in [0.29, 0.717) is 6.42 Å². The zero-order valence-corrected chi connectivity index (χ0v) is 10.1. The lowest BCUT2D eigenvalue weighted by molar-refractivity contribution is -0.115. The van der Waals surface area contributed by atoms with Gasteiger partial charge in [0.05, 0.1) is 11.0 Å². The number of carbonyl (C=O) groups is 1. The lowest BCUT2D eigenvalue weighted by Crippen LogP contribution is -2.12. The first-order chi connectivity index (χ1) is 8.02. The summed E-state index contributed by atoms with van der Waals surface area (Å²) in [6, 6.07) is 3.68. The van der Waals surface area contributed by atoms with Gasteiger partial charge in [0, 0.05) is 19.2 Å². The normalized spacial score (nSPS) is 10.8. The van der Waals surface area contributed by atoms with E-state index in [4.69, 9.17) is 0 Å². The van der Waals surface area contributed by atoms with Gasteiger partial charge in [-0.2, -0.15) is 0 Å². The van der Waals surface area contributed by atoms with Crippen molar-refractivity contribution in [3.05, 3.63) is 28.2 Å². The van der Waals surface area contributed by atoms with E-state index in [2.05, 4.69) is 10.3 Å². The van der Waals surface area contributed by atoms with E-state index in [0.717, 1.165) is 22.3 Å². The summed E-state index contributed by atoms with van der Waals surface area (Å²) in [6.07, 6.45) is 0.434. The Kier molecular flexibility index (Phi) is 2.75. The highest BCUT2D eigenvalue weighted by atomic mass is 16.2. The average molecular weight is 233 g/mol. The quantitative estimate of drug-likeness (QED) is 0.825. The zero-order valence-electron chi connectivity index (χ0n) is 10.1. The van der Waals surface area contributed by atoms with Crippen LogP contribution in [-0.2, 0) is 11.8 Å². The van der Waals surface area contributed by atoms with Crippen LogP contribution in [-0.4, -0.2) is 15.5 Å². The smallest absolute Gasteiger partial charge is 0.326 e. The standard InChI is InChI=1S/C12H15N3O2/c1-4-11(16)13-8-6-10-9(5-7(8)2)14-12(17)15(10)3/h5-6H,4H2,1-3H3,(H,13,16)(H,14,17). The van der Waals surface area contributed by atoms with Crippen LogP contribution in [0.1, 0.15) is 18.9 Å². The molecule has 0 spiro atoms. The third-order valence-corrected chi connectivity index (χ3v) is 2.85. The molecule has 0 fully saturated rings. The Morgan fingerprint density at radius 2 is 2.18 bits per heavy atom. The Labute approximate surface area is 98.4 Å². The van der Waals surface area contributed by atoms with Crippen molar-refractivity contribution in [1.82, 2.24) is 9.55 Å². The van der Waals surface area contributed by atoms with Crippen LogP contribution in [0, 0.1) is 6.92 Å². The van der Waals surface area contributed by atoms with Crippen molar-refractivity contribution in [3.63, 3.8) is 0 Å². The molecule has 5 nitrogen and oxygen atoms in total. The highest BCUT2D eigenvalue weighted by Crippen LogP contribution is 2.21. The lowest BCUT2D eigenvalue weighted by Gasteiger charge is -2.07. The Morgan fingerprint density at radius 1 is 1.47 bits per heavy atom. The first-order valence-corrected chi connectivity index (χ1v) is 5.52. The molecule has 0 aliphatic carbocycles. The summed E-state index contributed by atoms with van der Waals surface area (Å²) in [7, 11) is 1.70. The van der Waals surface area contributed by atoms with Crippen LogP contribution in [0.4, 0.5) is 5.69 Å². The molecule has 90 valence electrons. The minimum Gasteiger partial charge on any atom is -0.326 e. The number of carbonyl (C=O) groups excluding carboxylic acids is 1. The molecule has 0 saturated carbocycles. The monoisotopic (exact) mass is 233 g/mol. The average Bonchev–Trinajstić information content (AvgIpc) is 2.56. The summed E-state index contributed by atoms with van der Waals surface area (Å²) in [5.74, 6) is -0.0343. The van der Waals surface area contributed by atoms with Crippen LogP contribution >= 0.6 is 0 Å². The van der Waals surface area contributed by atoms with Gasteiger partial charge in [0.15, 0.2) is 0 Å². The molecule has 0 unspecified atom stereocenters. The number of hydrogen-bond donors (Lipinski definition) is 2. The number of nitrogens with zero attached hydrogens (tertiary/aromatic N) is 1. The molecule has 1 aromatic carbocycles. The second-order valence-electron chi connectivity index (χ2n) is 4.08. The van der Waals surface area contributed by atoms with Gasteiger partial charge in [0.1, 0.15) is 0 Å². The molecule has 0 bridgehead atoms. The number of amides is 1. The number of aromatic nitrogens is 2. The van der Waals surface area contributed by atoms with E-state index in [9.17, 15) is 9.59 Å². The summed E-state index contributed by atoms with van der Waals surface area (Å²) in [6.45, 7) is 3.70. The number of H-pyrrole nitrogens is 1. The van der Waals surface area contributed by atoms with E-state index < -0.39 is 0 Å². The number of nitrogens with one attached hydrogen (secondary N) is 2. The van der Waals surface area contributed by atoms with Gasteiger partial charge in [0.25, 0.3) is 0 Å². The summed E-state index contributed by atoms with van der Waals surface area (Å²) < 4.78 is 1.52. The maximum Gasteiger partial charge on any atom is 0.326 e. The van der Waals surface area contributed by atoms with Gasteiger partial charge in [-0.05, 0) is 24.6 Å². The van der Waals surface area contributed by atoms with Crippen molar-refractivity contribution in [2.75, 3.05) is 5.32 Å². The summed E-state index contributed by atoms with van der Waals surface area (Å²) >= 11 is 0. The molecule has 2 N–H and O–H groups in total. The minimum absolute atomic E-state index is 0.0343. The van der Waals surface area contributed by atoms with E-state index in [1.54, 1.807) is 14.0 Å². The molecule has 2 aromatic rings. The topological polar surface area (TPSA) is 66.9 Å². The fourth-order valence-corrected chi connectivity index (χ4v) is 1.76. The predicted molar refractivity (Wildman–Crippen MR) is 67.2 cm³/mol. The van der Waals surface area contributed by atoms with Crippen LogP contribution in [0.5, 0.6) is 0 Å². The summed E-state index contributed by atoms with van der Waals surface area (Å²) in [5, 5.41) is 2.82. The van der Waals surface area contributed by atoms with Gasteiger partial charge in [-0.25, -0.2) is 4.79 Å². The Morgan fingerprint density at radius 3 is 2.82 bits per heavy atom. The number of aromatic amines is 1. The number of aryl methyl sites for hydroxylation is 2. The van der Waals surface area contributed by atoms with Gasteiger partial charge in [-0.3, -0.25) is 9.36 Å². The van der Waals surface area contributed by atoms with Crippen LogP contribution in [0.25, 0.3) is 11.0 Å². The first kappa shape index (κ1) is 11.4. The molecule has 0 radical (unpaired) electrons. The van der Waals surface area contributed by atoms with Crippen molar-refractivity contribution in [2.24, 2.45) is 7.05 Å². The number of rotatable bonds is 2. The summed E-state index contributed by atoms with van der Waals surface area (Å²) in [5.41, 5.74) is 3.09. The first-order valence-electron chi connectivity index (χ1n) is 5.52. The molecule has 1 heterocycles. The summed E-state index contributed by atoms with van der Waals surface area (Å²) in [4.78, 5) is 25.6. The predicted octanol–water partition coefficient (Wildman–Crippen LogP) is 1.52. The van der Waals surface area contributed by atoms with Gasteiger partial charge in [-0.15, -0.1) is 0 Å². The number of anilines is 1. The molecule has 17 heavy (non-hydrogen) atoms. The van der Waals surface area contributed by atoms with Crippen LogP contribution in [0.2, 0.25) is 0 Å². The van der Waals surface area contributed by atoms with Crippen LogP contribution in [0.15, 0.2) is 16.9 Å². The second-order valence-corrected chi connectivity index (χ2v) is 4.08. The SMILES string of the molecule is CCC(=O)Nc1cc2c(cc1C)[nH]c(=O)n2C. The third kappa shape index (κ3) is 1.95. The number of imidazole rings is 1. The molecule has 0 aliphatic rings. The van der Waals surface area contributed by atoms with Crippen molar-refractivity contribution in [3.8, 4) is 0 Å². The number of benzene rings is 1. The van der Waals surface area contributed by atoms with Crippen molar-refractivity contribution < 1.29 is 4.79 Å². The van der Waals surface area contributed by atoms with Gasteiger partial charge in [0.2, 0.25) is 5.91 Å². The molecule has 1 amide bonds.